The fourth-order valence-electron chi connectivity index (χ4n) is 13.5. The van der Waals surface area contributed by atoms with E-state index < -0.39 is 57.8 Å². The highest BCUT2D eigenvalue weighted by Gasteiger charge is 2.77. The molecule has 6 heterocycles. The first kappa shape index (κ1) is 40.2. The molecule has 0 amide bonds. The molecule has 10 atom stereocenters. The first-order valence-corrected chi connectivity index (χ1v) is 21.8. The summed E-state index contributed by atoms with van der Waals surface area (Å²) in [6.07, 6.45) is 5.89. The SMILES string of the molecule is CC[C@]12C=CCN3CC[C@@]4(c5cc([C@@]6(C(=O)OC)C[C@H]7C[C@@H](C(C)(F)F)CN(CCc8c6[nH]c6ccc(I)cc86)C7)c(OC)cc5N(C)[C@H]4[C@](C)(O)[C@@H]1OC(C)=O)[C@@H]32. The monoisotopic (exact) mass is 912 g/mol. The van der Waals surface area contributed by atoms with E-state index >= 15 is 13.6 Å². The van der Waals surface area contributed by atoms with Crippen LogP contribution < -0.4 is 9.64 Å². The normalized spacial score (nSPS) is 36.6. The summed E-state index contributed by atoms with van der Waals surface area (Å²) in [6, 6.07) is 9.72. The summed E-state index contributed by atoms with van der Waals surface area (Å²) in [5.41, 5.74) is 0.735. The zero-order valence-corrected chi connectivity index (χ0v) is 36.6. The van der Waals surface area contributed by atoms with Crippen molar-refractivity contribution in [3.63, 3.8) is 0 Å². The first-order valence-electron chi connectivity index (χ1n) is 20.7. The van der Waals surface area contributed by atoms with E-state index in [1.54, 1.807) is 7.11 Å². The molecule has 6 aliphatic rings. The number of nitrogens with one attached hydrogen (secondary N) is 1. The smallest absolute Gasteiger partial charge is 0.322 e. The van der Waals surface area contributed by atoms with Gasteiger partial charge in [0.25, 0.3) is 0 Å². The zero-order valence-electron chi connectivity index (χ0n) is 34.5. The van der Waals surface area contributed by atoms with E-state index in [2.05, 4.69) is 73.5 Å². The third-order valence-electron chi connectivity index (χ3n) is 15.4. The quantitative estimate of drug-likeness (QED) is 0.162. The molecular weight excluding hydrogens is 857 g/mol. The van der Waals surface area contributed by atoms with Crippen LogP contribution in [0.4, 0.5) is 14.5 Å². The van der Waals surface area contributed by atoms with Gasteiger partial charge in [-0.3, -0.25) is 14.5 Å². The molecule has 5 aliphatic heterocycles. The number of methoxy groups -OCH3 is 2. The lowest BCUT2D eigenvalue weighted by Crippen LogP contribution is -2.78. The summed E-state index contributed by atoms with van der Waals surface area (Å²) >= 11 is 2.31. The number of anilines is 1. The molecule has 9 rings (SSSR count). The van der Waals surface area contributed by atoms with E-state index in [9.17, 15) is 9.90 Å². The van der Waals surface area contributed by atoms with Crippen molar-refractivity contribution >= 4 is 51.1 Å². The lowest BCUT2D eigenvalue weighted by molar-refractivity contribution is -0.213. The number of fused-ring (bicyclic) bond motifs is 6. The molecule has 58 heavy (non-hydrogen) atoms. The molecule has 3 aromatic rings. The zero-order chi connectivity index (χ0) is 41.3. The molecule has 0 radical (unpaired) electrons. The number of carbonyl (C=O) groups excluding carboxylic acids is 2. The molecule has 10 nitrogen and oxygen atoms in total. The van der Waals surface area contributed by atoms with Crippen LogP contribution >= 0.6 is 22.6 Å². The van der Waals surface area contributed by atoms with Gasteiger partial charge in [0.05, 0.1) is 20.3 Å². The van der Waals surface area contributed by atoms with Gasteiger partial charge in [-0.25, -0.2) is 8.78 Å². The highest BCUT2D eigenvalue weighted by Crippen LogP contribution is 2.68. The van der Waals surface area contributed by atoms with Gasteiger partial charge in [-0.15, -0.1) is 0 Å². The Morgan fingerprint density at radius 2 is 1.88 bits per heavy atom. The van der Waals surface area contributed by atoms with E-state index in [1.165, 1.54) is 14.0 Å². The number of esters is 2. The Morgan fingerprint density at radius 1 is 1.10 bits per heavy atom. The van der Waals surface area contributed by atoms with Crippen molar-refractivity contribution in [3.8, 4) is 5.75 Å². The van der Waals surface area contributed by atoms with Crippen LogP contribution in [-0.4, -0.2) is 116 Å². The predicted octanol–water partition coefficient (Wildman–Crippen LogP) is 6.57. The number of piperidine rings is 1. The van der Waals surface area contributed by atoms with Gasteiger partial charge < -0.3 is 34.1 Å². The molecule has 1 aromatic heterocycles. The Hall–Kier alpha value is -3.27. The van der Waals surface area contributed by atoms with Gasteiger partial charge in [0.2, 0.25) is 5.92 Å². The number of aromatic nitrogens is 1. The summed E-state index contributed by atoms with van der Waals surface area (Å²) in [5, 5.41) is 14.0. The number of aliphatic hydroxyl groups is 1. The van der Waals surface area contributed by atoms with Gasteiger partial charge >= 0.3 is 11.9 Å². The molecule has 3 fully saturated rings. The second-order valence-corrected chi connectivity index (χ2v) is 19.6. The number of H-pyrrole nitrogens is 1. The van der Waals surface area contributed by atoms with E-state index in [0.717, 1.165) is 57.7 Å². The molecule has 1 unspecified atom stereocenters. The average Bonchev–Trinajstić information content (AvgIpc) is 3.83. The summed E-state index contributed by atoms with van der Waals surface area (Å²) < 4.78 is 50.2. The second-order valence-electron chi connectivity index (χ2n) is 18.4. The number of benzene rings is 2. The first-order chi connectivity index (χ1) is 27.5. The number of nitrogens with zero attached hydrogens (tertiary/aromatic N) is 3. The largest absolute Gasteiger partial charge is 0.496 e. The molecule has 2 bridgehead atoms. The minimum absolute atomic E-state index is 0.144. The molecule has 1 spiro atoms. The molecule has 2 saturated heterocycles. The third kappa shape index (κ3) is 5.39. The minimum Gasteiger partial charge on any atom is -0.496 e. The second kappa shape index (κ2) is 13.6. The Morgan fingerprint density at radius 3 is 2.57 bits per heavy atom. The van der Waals surface area contributed by atoms with Crippen molar-refractivity contribution in [2.75, 3.05) is 58.9 Å². The Bertz CT molecular complexity index is 2220. The highest BCUT2D eigenvalue weighted by atomic mass is 127. The van der Waals surface area contributed by atoms with Crippen LogP contribution in [0.25, 0.3) is 10.9 Å². The molecule has 2 aromatic carbocycles. The fraction of sp³-hybridized carbons (Fsp3) is 0.600. The standard InChI is InChI=1S/C45H55F2IN4O6/c1-8-43-13-9-15-52-17-14-44(38(43)52)31-20-32(35(56-6)21-34(31)50(5)37(44)41(3,55)39(43)58-25(2)53)45(40(54)57-7)22-26-18-27(42(4,46)47)24-51(23-26)16-12-29-30-19-28(48)10-11-33(30)49-36(29)45/h9-11,13,19-21,26-27,37-39,49,55H,8,12,14-18,22-24H2,1-7H3/t26-,27-,37+,38+,39+,41+,43-,44+,45+/m1/s1. The van der Waals surface area contributed by atoms with Crippen molar-refractivity contribution in [1.82, 2.24) is 14.8 Å². The number of carbonyl (C=O) groups is 2. The van der Waals surface area contributed by atoms with Crippen molar-refractivity contribution in [2.45, 2.75) is 100 Å². The van der Waals surface area contributed by atoms with E-state index in [-0.39, 0.29) is 24.8 Å². The van der Waals surface area contributed by atoms with Crippen LogP contribution in [0.5, 0.6) is 5.75 Å². The van der Waals surface area contributed by atoms with Crippen LogP contribution in [0.2, 0.25) is 0 Å². The molecule has 312 valence electrons. The van der Waals surface area contributed by atoms with Gasteiger partial charge in [0, 0.05) is 100 Å². The van der Waals surface area contributed by atoms with Crippen LogP contribution in [0.3, 0.4) is 0 Å². The maximum absolute atomic E-state index is 15.3. The third-order valence-corrected chi connectivity index (χ3v) is 16.0. The average molecular weight is 913 g/mol. The summed E-state index contributed by atoms with van der Waals surface area (Å²) in [7, 11) is 5.01. The van der Waals surface area contributed by atoms with E-state index in [1.807, 2.05) is 32.2 Å². The summed E-state index contributed by atoms with van der Waals surface area (Å²) in [6.45, 7) is 9.28. The molecule has 13 heteroatoms. The summed E-state index contributed by atoms with van der Waals surface area (Å²) in [5.74, 6) is -4.47. The number of hydrogen-bond acceptors (Lipinski definition) is 9. The number of alkyl halides is 2. The Balaban J connectivity index is 1.34. The van der Waals surface area contributed by atoms with E-state index in [0.29, 0.717) is 49.5 Å². The van der Waals surface area contributed by atoms with Gasteiger partial charge in [0.1, 0.15) is 22.9 Å². The van der Waals surface area contributed by atoms with Crippen molar-refractivity contribution < 1.29 is 37.7 Å². The van der Waals surface area contributed by atoms with Crippen LogP contribution in [-0.2, 0) is 36.3 Å². The predicted molar refractivity (Wildman–Crippen MR) is 226 cm³/mol. The minimum atomic E-state index is -2.89. The number of ether oxygens (including phenoxy) is 3. The Labute approximate surface area is 352 Å². The number of hydrogen-bond donors (Lipinski definition) is 2. The van der Waals surface area contributed by atoms with Gasteiger partial charge in [-0.1, -0.05) is 19.1 Å². The van der Waals surface area contributed by atoms with Crippen LogP contribution in [0.1, 0.15) is 75.8 Å². The number of rotatable bonds is 6. The lowest BCUT2D eigenvalue weighted by atomic mass is 9.48. The fourth-order valence-corrected chi connectivity index (χ4v) is 13.9. The molecule has 1 saturated carbocycles. The van der Waals surface area contributed by atoms with Crippen molar-refractivity contribution in [3.05, 3.63) is 68.4 Å². The van der Waals surface area contributed by atoms with Crippen molar-refractivity contribution in [1.29, 1.82) is 0 Å². The summed E-state index contributed by atoms with van der Waals surface area (Å²) in [4.78, 5) is 38.6. The van der Waals surface area contributed by atoms with Crippen LogP contribution in [0, 0.1) is 20.8 Å². The topological polar surface area (TPSA) is 108 Å². The molecule has 1 aliphatic carbocycles. The lowest BCUT2D eigenvalue weighted by Gasteiger charge is -2.64. The molecule has 2 N–H and O–H groups in total. The van der Waals surface area contributed by atoms with E-state index in [4.69, 9.17) is 14.2 Å². The van der Waals surface area contributed by atoms with Crippen LogP contribution in [0.15, 0.2) is 42.5 Å². The van der Waals surface area contributed by atoms with Gasteiger partial charge in [-0.2, -0.15) is 0 Å². The number of halogens is 3. The van der Waals surface area contributed by atoms with Gasteiger partial charge in [-0.05, 0) is 116 Å². The number of likely N-dealkylation sites (N-methyl/N-ethyl adjacent to an activating group) is 1. The Kier molecular flexibility index (Phi) is 9.43. The number of aromatic amines is 1. The maximum atomic E-state index is 15.3. The van der Waals surface area contributed by atoms with Crippen molar-refractivity contribution in [2.24, 2.45) is 17.3 Å². The van der Waals surface area contributed by atoms with Gasteiger partial charge in [0.15, 0.2) is 0 Å². The molecular formula is C45H55F2IN4O6. The highest BCUT2D eigenvalue weighted by molar-refractivity contribution is 14.1. The maximum Gasteiger partial charge on any atom is 0.322 e.